The van der Waals surface area contributed by atoms with E-state index >= 15 is 0 Å². The molecule has 6 heteroatoms. The van der Waals surface area contributed by atoms with E-state index in [-0.39, 0.29) is 17.7 Å². The zero-order valence-corrected chi connectivity index (χ0v) is 12.6. The standard InChI is InChI=1S/C13H24N2O3S/c1-10(2)6-8-19(17,18)15-7-5-12-11(9-15)3-4-13(16)14-12/h10-12H,3-9H2,1-2H3,(H,14,16). The van der Waals surface area contributed by atoms with Crippen molar-refractivity contribution in [1.29, 1.82) is 0 Å². The van der Waals surface area contributed by atoms with Gasteiger partial charge in [0.2, 0.25) is 15.9 Å². The Kier molecular flexibility index (Phi) is 4.50. The topological polar surface area (TPSA) is 66.5 Å². The van der Waals surface area contributed by atoms with E-state index in [1.807, 2.05) is 13.8 Å². The van der Waals surface area contributed by atoms with Gasteiger partial charge in [-0.1, -0.05) is 13.8 Å². The molecule has 0 saturated carbocycles. The van der Waals surface area contributed by atoms with Gasteiger partial charge in [0, 0.05) is 25.6 Å². The van der Waals surface area contributed by atoms with E-state index < -0.39 is 10.0 Å². The average Bonchev–Trinajstić information content (AvgIpc) is 2.36. The van der Waals surface area contributed by atoms with Crippen molar-refractivity contribution < 1.29 is 13.2 Å². The third-order valence-electron chi connectivity index (χ3n) is 4.13. The fourth-order valence-corrected chi connectivity index (χ4v) is 4.67. The van der Waals surface area contributed by atoms with Crippen molar-refractivity contribution in [2.45, 2.75) is 45.6 Å². The van der Waals surface area contributed by atoms with Gasteiger partial charge in [0.1, 0.15) is 0 Å². The molecule has 19 heavy (non-hydrogen) atoms. The van der Waals surface area contributed by atoms with Crippen molar-refractivity contribution >= 4 is 15.9 Å². The van der Waals surface area contributed by atoms with Crippen LogP contribution in [0, 0.1) is 11.8 Å². The Morgan fingerprint density at radius 2 is 2.11 bits per heavy atom. The van der Waals surface area contributed by atoms with Crippen LogP contribution in [0.3, 0.4) is 0 Å². The third-order valence-corrected chi connectivity index (χ3v) is 6.00. The molecule has 0 bridgehead atoms. The van der Waals surface area contributed by atoms with Gasteiger partial charge < -0.3 is 5.32 Å². The van der Waals surface area contributed by atoms with Gasteiger partial charge in [0.15, 0.2) is 0 Å². The van der Waals surface area contributed by atoms with Crippen molar-refractivity contribution in [2.24, 2.45) is 11.8 Å². The maximum Gasteiger partial charge on any atom is 0.220 e. The Balaban J connectivity index is 1.95. The van der Waals surface area contributed by atoms with Crippen LogP contribution in [0.5, 0.6) is 0 Å². The molecule has 0 aliphatic carbocycles. The van der Waals surface area contributed by atoms with Crippen LogP contribution in [-0.4, -0.2) is 43.5 Å². The van der Waals surface area contributed by atoms with E-state index in [1.54, 1.807) is 4.31 Å². The molecule has 2 aliphatic rings. The van der Waals surface area contributed by atoms with Crippen LogP contribution in [0.4, 0.5) is 0 Å². The van der Waals surface area contributed by atoms with Gasteiger partial charge in [-0.15, -0.1) is 0 Å². The van der Waals surface area contributed by atoms with E-state index in [1.165, 1.54) is 0 Å². The molecule has 2 saturated heterocycles. The van der Waals surface area contributed by atoms with Crippen molar-refractivity contribution in [3.63, 3.8) is 0 Å². The van der Waals surface area contributed by atoms with Gasteiger partial charge in [-0.2, -0.15) is 0 Å². The molecule has 2 heterocycles. The highest BCUT2D eigenvalue weighted by molar-refractivity contribution is 7.89. The first-order chi connectivity index (χ1) is 8.88. The summed E-state index contributed by atoms with van der Waals surface area (Å²) in [4.78, 5) is 11.3. The number of hydrogen-bond donors (Lipinski definition) is 1. The molecule has 2 rings (SSSR count). The monoisotopic (exact) mass is 288 g/mol. The number of piperidine rings is 2. The lowest BCUT2D eigenvalue weighted by molar-refractivity contribution is -0.124. The van der Waals surface area contributed by atoms with Gasteiger partial charge >= 0.3 is 0 Å². The minimum absolute atomic E-state index is 0.109. The molecule has 0 radical (unpaired) electrons. The van der Waals surface area contributed by atoms with Crippen molar-refractivity contribution in [3.05, 3.63) is 0 Å². The van der Waals surface area contributed by atoms with Crippen LogP contribution >= 0.6 is 0 Å². The molecule has 0 aromatic heterocycles. The van der Waals surface area contributed by atoms with E-state index in [9.17, 15) is 13.2 Å². The van der Waals surface area contributed by atoms with Crippen LogP contribution in [0.1, 0.15) is 39.5 Å². The Morgan fingerprint density at radius 3 is 2.79 bits per heavy atom. The second kappa shape index (κ2) is 5.79. The van der Waals surface area contributed by atoms with Crippen molar-refractivity contribution in [2.75, 3.05) is 18.8 Å². The molecule has 1 N–H and O–H groups in total. The molecular formula is C13H24N2O3S. The quantitative estimate of drug-likeness (QED) is 0.838. The normalized spacial score (nSPS) is 29.1. The number of hydrogen-bond acceptors (Lipinski definition) is 3. The third kappa shape index (κ3) is 3.69. The van der Waals surface area contributed by atoms with Gasteiger partial charge in [0.25, 0.3) is 0 Å². The summed E-state index contributed by atoms with van der Waals surface area (Å²) < 4.78 is 26.2. The average molecular weight is 288 g/mol. The Hall–Kier alpha value is -0.620. The number of nitrogens with one attached hydrogen (secondary N) is 1. The van der Waals surface area contributed by atoms with E-state index in [0.29, 0.717) is 37.8 Å². The Bertz CT molecular complexity index is 433. The summed E-state index contributed by atoms with van der Waals surface area (Å²) >= 11 is 0. The van der Waals surface area contributed by atoms with E-state index in [4.69, 9.17) is 0 Å². The van der Waals surface area contributed by atoms with Crippen LogP contribution in [0.2, 0.25) is 0 Å². The van der Waals surface area contributed by atoms with Crippen LogP contribution in [0.15, 0.2) is 0 Å². The number of nitrogens with zero attached hydrogens (tertiary/aromatic N) is 1. The molecule has 0 aromatic rings. The van der Waals surface area contributed by atoms with Gasteiger partial charge in [-0.05, 0) is 31.1 Å². The zero-order chi connectivity index (χ0) is 14.0. The maximum atomic E-state index is 12.3. The van der Waals surface area contributed by atoms with Gasteiger partial charge in [0.05, 0.1) is 5.75 Å². The number of rotatable bonds is 4. The molecular weight excluding hydrogens is 264 g/mol. The molecule has 5 nitrogen and oxygen atoms in total. The molecule has 1 amide bonds. The summed E-state index contributed by atoms with van der Waals surface area (Å²) in [5.41, 5.74) is 0. The maximum absolute atomic E-state index is 12.3. The Morgan fingerprint density at radius 1 is 1.37 bits per heavy atom. The SMILES string of the molecule is CC(C)CCS(=O)(=O)N1CCC2NC(=O)CCC2C1. The molecule has 2 fully saturated rings. The first-order valence-corrected chi connectivity index (χ1v) is 8.76. The van der Waals surface area contributed by atoms with E-state index in [0.717, 1.165) is 12.8 Å². The smallest absolute Gasteiger partial charge is 0.220 e. The second-order valence-corrected chi connectivity index (χ2v) is 8.21. The molecule has 0 spiro atoms. The minimum atomic E-state index is -3.12. The van der Waals surface area contributed by atoms with Crippen LogP contribution in [-0.2, 0) is 14.8 Å². The predicted molar refractivity (Wildman–Crippen MR) is 74.1 cm³/mol. The highest BCUT2D eigenvalue weighted by Gasteiger charge is 2.37. The lowest BCUT2D eigenvalue weighted by Crippen LogP contribution is -2.55. The van der Waals surface area contributed by atoms with Gasteiger partial charge in [-0.25, -0.2) is 12.7 Å². The van der Waals surface area contributed by atoms with Crippen LogP contribution < -0.4 is 5.32 Å². The van der Waals surface area contributed by atoms with Crippen LogP contribution in [0.25, 0.3) is 0 Å². The number of carbonyl (C=O) groups excluding carboxylic acids is 1. The number of carbonyl (C=O) groups is 1. The number of amides is 1. The summed E-state index contributed by atoms with van der Waals surface area (Å²) in [6.45, 7) is 5.20. The molecule has 0 aromatic carbocycles. The summed E-state index contributed by atoms with van der Waals surface area (Å²) in [5, 5.41) is 2.98. The fraction of sp³-hybridized carbons (Fsp3) is 0.923. The van der Waals surface area contributed by atoms with Crippen molar-refractivity contribution in [1.82, 2.24) is 9.62 Å². The highest BCUT2D eigenvalue weighted by Crippen LogP contribution is 2.27. The first kappa shape index (κ1) is 14.8. The number of sulfonamides is 1. The minimum Gasteiger partial charge on any atom is -0.353 e. The fourth-order valence-electron chi connectivity index (χ4n) is 2.84. The summed E-state index contributed by atoms with van der Waals surface area (Å²) in [7, 11) is -3.12. The summed E-state index contributed by atoms with van der Waals surface area (Å²) in [6.07, 6.45) is 2.80. The van der Waals surface area contributed by atoms with E-state index in [2.05, 4.69) is 5.32 Å². The highest BCUT2D eigenvalue weighted by atomic mass is 32.2. The molecule has 2 atom stereocenters. The molecule has 110 valence electrons. The second-order valence-electron chi connectivity index (χ2n) is 6.12. The Labute approximate surface area is 115 Å². The number of fused-ring (bicyclic) bond motifs is 1. The summed E-state index contributed by atoms with van der Waals surface area (Å²) in [6, 6.07) is 0.179. The molecule has 2 aliphatic heterocycles. The molecule has 2 unspecified atom stereocenters. The lowest BCUT2D eigenvalue weighted by atomic mass is 9.86. The first-order valence-electron chi connectivity index (χ1n) is 7.15. The lowest BCUT2D eigenvalue weighted by Gasteiger charge is -2.40. The largest absolute Gasteiger partial charge is 0.353 e. The summed E-state index contributed by atoms with van der Waals surface area (Å²) in [5.74, 6) is 1.05. The van der Waals surface area contributed by atoms with Crippen molar-refractivity contribution in [3.8, 4) is 0 Å². The predicted octanol–water partition coefficient (Wildman–Crippen LogP) is 0.963. The zero-order valence-electron chi connectivity index (χ0n) is 11.8. The van der Waals surface area contributed by atoms with Gasteiger partial charge in [-0.3, -0.25) is 4.79 Å².